The van der Waals surface area contributed by atoms with Crippen molar-refractivity contribution in [1.82, 2.24) is 18.3 Å². The van der Waals surface area contributed by atoms with E-state index in [0.717, 1.165) is 0 Å². The number of hydrogen-bond donors (Lipinski definition) is 0. The van der Waals surface area contributed by atoms with Crippen molar-refractivity contribution >= 4 is 339 Å². The molecule has 0 fully saturated rings. The third-order valence-electron chi connectivity index (χ3n) is 28.4. The second-order valence-electron chi connectivity index (χ2n) is 35.9. The smallest absolute Gasteiger partial charge is 0.0891 e. The molecule has 0 aliphatic rings. The molecule has 0 spiro atoms. The van der Waals surface area contributed by atoms with Gasteiger partial charge in [-0.15, -0.1) is 90.7 Å². The van der Waals surface area contributed by atoms with Crippen molar-refractivity contribution in [2.45, 2.75) is 0 Å². The minimum Gasteiger partial charge on any atom is -0.309 e. The summed E-state index contributed by atoms with van der Waals surface area (Å²) in [4.78, 5) is 0. The fourth-order valence-corrected chi connectivity index (χ4v) is 33.0. The van der Waals surface area contributed by atoms with E-state index < -0.39 is 0 Å². The highest BCUT2D eigenvalue weighted by atomic mass is 32.2. The maximum absolute atomic E-state index is 2.49. The number of thiophene rings is 8. The number of rotatable bonds is 5. The molecule has 0 amide bonds. The van der Waals surface area contributed by atoms with Gasteiger partial charge in [0, 0.05) is 163 Å². The molecule has 0 saturated heterocycles. The Balaban J connectivity index is 0.0000000871. The van der Waals surface area contributed by atoms with Crippen molar-refractivity contribution in [1.29, 1.82) is 0 Å². The maximum atomic E-state index is 2.49. The molecule has 0 aliphatic heterocycles. The lowest BCUT2D eigenvalue weighted by Gasteiger charge is -2.12. The van der Waals surface area contributed by atoms with Gasteiger partial charge in [-0.25, -0.2) is 0 Å². The minimum atomic E-state index is 1.20. The molecule has 12 heterocycles. The fourth-order valence-electron chi connectivity index (χ4n) is 22.3. The zero-order valence-corrected chi connectivity index (χ0v) is 80.2. The number of fused-ring (bicyclic) bond motifs is 38. The SMILES string of the molecule is c1cc(-c2cccc3ccccc23)cc(-n2c3ccccc3c3ccc4c(sc5sc6ccccc6c54)c32)c1.c1ccc2cc(-n3c4ccccc4c4c5sc6sc7ccccc7c6c5ccc43)ccc2c1.c1ccc2cc(-n3c4ccccc4c4cc5c(cc43)sc3sc4ccccc4c35)ccc2c1.c1ccc2cc(-n3c4ccccc4c4cc5sc6sc7ccccc7c6c5cc43)ccc2c1. The molecular formula is C126H72N4S8. The number of hydrogen-bond acceptors (Lipinski definition) is 8. The molecular weight excluding hydrogens is 1830 g/mol. The summed E-state index contributed by atoms with van der Waals surface area (Å²) in [7, 11) is 0. The van der Waals surface area contributed by atoms with Gasteiger partial charge in [0.05, 0.1) is 64.9 Å². The van der Waals surface area contributed by atoms with Gasteiger partial charge < -0.3 is 18.3 Å². The van der Waals surface area contributed by atoms with Gasteiger partial charge in [-0.2, -0.15) is 0 Å². The summed E-state index contributed by atoms with van der Waals surface area (Å²) in [6, 6.07) is 160. The lowest BCUT2D eigenvalue weighted by molar-refractivity contribution is 1.19. The quantitative estimate of drug-likeness (QED) is 0.164. The summed E-state index contributed by atoms with van der Waals surface area (Å²) in [6.07, 6.45) is 0. The van der Waals surface area contributed by atoms with E-state index >= 15 is 0 Å². The first-order valence-corrected chi connectivity index (χ1v) is 53.1. The van der Waals surface area contributed by atoms with E-state index in [1.807, 2.05) is 90.7 Å². The summed E-state index contributed by atoms with van der Waals surface area (Å²) in [5, 5.41) is 37.3. The monoisotopic (exact) mass is 1900 g/mol. The van der Waals surface area contributed by atoms with E-state index in [1.165, 1.54) is 282 Å². The summed E-state index contributed by atoms with van der Waals surface area (Å²) in [5.74, 6) is 0. The Morgan fingerprint density at radius 1 is 0.145 bits per heavy atom. The highest BCUT2D eigenvalue weighted by Crippen LogP contribution is 2.54. The van der Waals surface area contributed by atoms with Crippen LogP contribution in [0.3, 0.4) is 0 Å². The Bertz CT molecular complexity index is 10800. The van der Waals surface area contributed by atoms with Crippen LogP contribution in [0.4, 0.5) is 0 Å². The number of nitrogens with zero attached hydrogens (tertiary/aromatic N) is 4. The number of benzene rings is 21. The molecule has 33 rings (SSSR count). The zero-order chi connectivity index (χ0) is 90.1. The van der Waals surface area contributed by atoms with Gasteiger partial charge in [0.2, 0.25) is 0 Å². The molecule has 0 radical (unpaired) electrons. The Hall–Kier alpha value is -15.4. The van der Waals surface area contributed by atoms with E-state index in [-0.39, 0.29) is 0 Å². The fraction of sp³-hybridized carbons (Fsp3) is 0. The molecule has 0 N–H and O–H groups in total. The van der Waals surface area contributed by atoms with Gasteiger partial charge in [0.1, 0.15) is 0 Å². The highest BCUT2D eigenvalue weighted by molar-refractivity contribution is 7.46. The van der Waals surface area contributed by atoms with E-state index in [0.29, 0.717) is 0 Å². The molecule has 0 atom stereocenters. The average molecular weight is 1900 g/mol. The van der Waals surface area contributed by atoms with E-state index in [4.69, 9.17) is 0 Å². The van der Waals surface area contributed by atoms with E-state index in [2.05, 4.69) is 455 Å². The minimum absolute atomic E-state index is 1.20. The second-order valence-corrected chi connectivity index (χ2v) is 45.3. The lowest BCUT2D eigenvalue weighted by atomic mass is 9.98. The van der Waals surface area contributed by atoms with Crippen molar-refractivity contribution in [3.8, 4) is 33.9 Å². The molecule has 12 aromatic heterocycles. The molecule has 0 saturated carbocycles. The van der Waals surface area contributed by atoms with Gasteiger partial charge in [-0.3, -0.25) is 0 Å². The predicted octanol–water partition coefficient (Wildman–Crippen LogP) is 39.7. The number of para-hydroxylation sites is 4. The lowest BCUT2D eigenvalue weighted by Crippen LogP contribution is -1.94. The van der Waals surface area contributed by atoms with Crippen LogP contribution in [0.25, 0.3) is 282 Å². The van der Waals surface area contributed by atoms with Crippen molar-refractivity contribution in [2.75, 3.05) is 0 Å². The van der Waals surface area contributed by atoms with Gasteiger partial charge in [-0.05, 0) is 182 Å². The van der Waals surface area contributed by atoms with E-state index in [1.54, 1.807) is 0 Å². The summed E-state index contributed by atoms with van der Waals surface area (Å²) in [5.41, 5.74) is 17.5. The summed E-state index contributed by atoms with van der Waals surface area (Å²) < 4.78 is 26.4. The van der Waals surface area contributed by atoms with Crippen molar-refractivity contribution in [3.05, 3.63) is 437 Å². The topological polar surface area (TPSA) is 19.7 Å². The first kappa shape index (κ1) is 78.9. The largest absolute Gasteiger partial charge is 0.309 e. The Morgan fingerprint density at radius 2 is 0.493 bits per heavy atom. The highest BCUT2D eigenvalue weighted by Gasteiger charge is 2.26. The third-order valence-corrected chi connectivity index (χ3v) is 38.2. The standard InChI is InChI=1S/C36H21NS2.3C30H17NS2/c1-2-13-25-22(9-1)10-8-16-26(25)23-11-7-12-24(21-23)37-31-17-5-3-14-27(31)28-19-20-30-33-29-15-4-6-18-32(29)38-36(33)39-35(30)34(28)37;1-2-8-19-15-20(14-13-18(19)7-1)31-25-11-5-3-9-21(25)23-17-28-24(16-26(23)31)29-22-10-4-6-12-27(22)32-30(29)33-28;1-2-8-19-15-20(14-13-18(19)7-1)31-25-11-5-3-9-21(25)23-16-24-28(17-26(23)31)33-30-29(24)22-10-4-6-12-27(22)32-30;1-2-8-19-17-20(14-13-18(19)7-1)31-24-11-5-3-9-21(24)28-25(31)16-15-23-27-22-10-4-6-12-26(22)32-30(27)33-29(23)28/h1-21H;3*1-17H. The predicted molar refractivity (Wildman–Crippen MR) is 612 cm³/mol. The van der Waals surface area contributed by atoms with Crippen LogP contribution in [0, 0.1) is 0 Å². The molecule has 4 nitrogen and oxygen atoms in total. The van der Waals surface area contributed by atoms with E-state index in [9.17, 15) is 0 Å². The molecule has 644 valence electrons. The van der Waals surface area contributed by atoms with Crippen LogP contribution >= 0.6 is 90.7 Å². The Labute approximate surface area is 820 Å². The van der Waals surface area contributed by atoms with Gasteiger partial charge in [-0.1, -0.05) is 309 Å². The summed E-state index contributed by atoms with van der Waals surface area (Å²) >= 11 is 15.4. The molecule has 0 aliphatic carbocycles. The molecule has 21 aromatic carbocycles. The van der Waals surface area contributed by atoms with Crippen LogP contribution in [0.2, 0.25) is 0 Å². The maximum Gasteiger partial charge on any atom is 0.0891 e. The van der Waals surface area contributed by atoms with Crippen LogP contribution in [0.15, 0.2) is 437 Å². The van der Waals surface area contributed by atoms with Gasteiger partial charge >= 0.3 is 0 Å². The van der Waals surface area contributed by atoms with Crippen molar-refractivity contribution in [2.24, 2.45) is 0 Å². The first-order chi connectivity index (χ1) is 68.4. The Morgan fingerprint density at radius 3 is 1.03 bits per heavy atom. The molecule has 0 unspecified atom stereocenters. The van der Waals surface area contributed by atoms with Crippen molar-refractivity contribution < 1.29 is 0 Å². The van der Waals surface area contributed by atoms with Gasteiger partial charge in [0.15, 0.2) is 0 Å². The van der Waals surface area contributed by atoms with Crippen LogP contribution < -0.4 is 0 Å². The molecule has 12 heteroatoms. The second kappa shape index (κ2) is 31.1. The van der Waals surface area contributed by atoms with Crippen LogP contribution in [0.1, 0.15) is 0 Å². The molecule has 138 heavy (non-hydrogen) atoms. The summed E-state index contributed by atoms with van der Waals surface area (Å²) in [6.45, 7) is 0. The van der Waals surface area contributed by atoms with Crippen LogP contribution in [0.5, 0.6) is 0 Å². The Kier molecular flexibility index (Phi) is 17.7. The third kappa shape index (κ3) is 12.1. The average Bonchev–Trinajstić information content (AvgIpc) is 1.56. The zero-order valence-electron chi connectivity index (χ0n) is 73.6. The normalized spacial score (nSPS) is 12.2. The van der Waals surface area contributed by atoms with Gasteiger partial charge in [0.25, 0.3) is 0 Å². The molecule has 33 aromatic rings. The molecule has 0 bridgehead atoms. The van der Waals surface area contributed by atoms with Crippen molar-refractivity contribution in [3.63, 3.8) is 0 Å². The number of aromatic nitrogens is 4. The van der Waals surface area contributed by atoms with Crippen LogP contribution in [-0.2, 0) is 0 Å². The van der Waals surface area contributed by atoms with Crippen LogP contribution in [-0.4, -0.2) is 18.3 Å². The first-order valence-electron chi connectivity index (χ1n) is 46.5.